The molecule has 4 aromatic rings. The van der Waals surface area contributed by atoms with Gasteiger partial charge in [0.05, 0.1) is 17.4 Å². The Hall–Kier alpha value is -3.58. The average Bonchev–Trinajstić information content (AvgIpc) is 2.76. The molecule has 1 N–H and O–H groups in total. The van der Waals surface area contributed by atoms with E-state index in [1.54, 1.807) is 56.3 Å². The first kappa shape index (κ1) is 21.6. The highest BCUT2D eigenvalue weighted by atomic mass is 32.2. The third-order valence-electron chi connectivity index (χ3n) is 5.43. The summed E-state index contributed by atoms with van der Waals surface area (Å²) in [5, 5.41) is 10.7. The van der Waals surface area contributed by atoms with E-state index < -0.39 is 21.0 Å². The molecule has 0 spiro atoms. The highest BCUT2D eigenvalue weighted by Gasteiger charge is 2.28. The van der Waals surface area contributed by atoms with Gasteiger partial charge in [-0.25, -0.2) is 8.42 Å². The second-order valence-electron chi connectivity index (χ2n) is 7.70. The van der Waals surface area contributed by atoms with Crippen molar-refractivity contribution in [3.8, 4) is 22.8 Å². The van der Waals surface area contributed by atoms with Crippen LogP contribution in [0.2, 0.25) is 0 Å². The van der Waals surface area contributed by atoms with Crippen LogP contribution in [0.25, 0.3) is 22.3 Å². The third-order valence-corrected chi connectivity index (χ3v) is 7.37. The van der Waals surface area contributed by atoms with Gasteiger partial charge in [-0.05, 0) is 68.3 Å². The van der Waals surface area contributed by atoms with Gasteiger partial charge in [0.2, 0.25) is 21.0 Å². The van der Waals surface area contributed by atoms with E-state index in [1.165, 1.54) is 19.2 Å². The SMILES string of the molecule is COc1ccc(-c2oc3c(S(=O)(=O)c4ccc(C)cc4)c(C)cc(C)c3c(=O)c2O)cc1. The molecule has 0 aliphatic carbocycles. The molecule has 0 unspecified atom stereocenters. The van der Waals surface area contributed by atoms with Crippen LogP contribution >= 0.6 is 0 Å². The molecule has 7 heteroatoms. The molecule has 6 nitrogen and oxygen atoms in total. The van der Waals surface area contributed by atoms with Crippen molar-refractivity contribution in [2.75, 3.05) is 7.11 Å². The van der Waals surface area contributed by atoms with E-state index in [4.69, 9.17) is 9.15 Å². The second-order valence-corrected chi connectivity index (χ2v) is 9.58. The van der Waals surface area contributed by atoms with E-state index >= 15 is 0 Å². The van der Waals surface area contributed by atoms with E-state index in [-0.39, 0.29) is 26.5 Å². The molecule has 0 saturated heterocycles. The fourth-order valence-electron chi connectivity index (χ4n) is 3.79. The van der Waals surface area contributed by atoms with E-state index in [0.29, 0.717) is 22.4 Å². The molecule has 0 aliphatic rings. The fourth-order valence-corrected chi connectivity index (χ4v) is 5.39. The predicted molar refractivity (Wildman–Crippen MR) is 122 cm³/mol. The topological polar surface area (TPSA) is 93.8 Å². The number of hydrogen-bond acceptors (Lipinski definition) is 6. The van der Waals surface area contributed by atoms with Gasteiger partial charge in [0.25, 0.3) is 0 Å². The first-order valence-electron chi connectivity index (χ1n) is 9.91. The molecule has 1 heterocycles. The van der Waals surface area contributed by atoms with E-state index in [1.807, 2.05) is 6.92 Å². The Balaban J connectivity index is 2.09. The molecule has 0 atom stereocenters. The van der Waals surface area contributed by atoms with Crippen LogP contribution in [0.4, 0.5) is 0 Å². The van der Waals surface area contributed by atoms with Crippen LogP contribution in [-0.2, 0) is 9.84 Å². The number of sulfone groups is 1. The summed E-state index contributed by atoms with van der Waals surface area (Å²) in [6, 6.07) is 14.7. The van der Waals surface area contributed by atoms with Gasteiger partial charge in [-0.2, -0.15) is 0 Å². The Bertz CT molecular complexity index is 1500. The lowest BCUT2D eigenvalue weighted by Gasteiger charge is -2.14. The highest BCUT2D eigenvalue weighted by molar-refractivity contribution is 7.91. The second kappa shape index (κ2) is 7.84. The standard InChI is InChI=1S/C25H22O6S/c1-14-5-11-19(12-6-14)32(28,29)25-16(3)13-15(2)20-21(26)22(27)23(31-24(20)25)17-7-9-18(30-4)10-8-17/h5-13,27H,1-4H3. The Morgan fingerprint density at radius 2 is 1.53 bits per heavy atom. The molecule has 164 valence electrons. The number of rotatable bonds is 4. The van der Waals surface area contributed by atoms with Crippen molar-refractivity contribution >= 4 is 20.8 Å². The van der Waals surface area contributed by atoms with Gasteiger partial charge in [-0.15, -0.1) is 0 Å². The molecule has 32 heavy (non-hydrogen) atoms. The van der Waals surface area contributed by atoms with Gasteiger partial charge in [0.1, 0.15) is 10.6 Å². The first-order valence-corrected chi connectivity index (χ1v) is 11.4. The van der Waals surface area contributed by atoms with Crippen LogP contribution in [0, 0.1) is 20.8 Å². The maximum absolute atomic E-state index is 13.6. The molecule has 4 rings (SSSR count). The number of fused-ring (bicyclic) bond motifs is 1. The summed E-state index contributed by atoms with van der Waals surface area (Å²) in [4.78, 5) is 13.1. The molecule has 0 saturated carbocycles. The lowest BCUT2D eigenvalue weighted by atomic mass is 10.0. The highest BCUT2D eigenvalue weighted by Crippen LogP contribution is 2.37. The van der Waals surface area contributed by atoms with Gasteiger partial charge in [0.15, 0.2) is 11.3 Å². The van der Waals surface area contributed by atoms with Gasteiger partial charge >= 0.3 is 0 Å². The molecule has 0 aliphatic heterocycles. The summed E-state index contributed by atoms with van der Waals surface area (Å²) in [5.74, 6) is -0.0884. The summed E-state index contributed by atoms with van der Waals surface area (Å²) in [6.45, 7) is 5.21. The minimum Gasteiger partial charge on any atom is -0.502 e. The fraction of sp³-hybridized carbons (Fsp3) is 0.160. The Kier molecular flexibility index (Phi) is 5.30. The lowest BCUT2D eigenvalue weighted by molar-refractivity contribution is 0.414. The van der Waals surface area contributed by atoms with E-state index in [2.05, 4.69) is 0 Å². The van der Waals surface area contributed by atoms with Crippen molar-refractivity contribution in [2.24, 2.45) is 0 Å². The Morgan fingerprint density at radius 3 is 2.12 bits per heavy atom. The van der Waals surface area contributed by atoms with Crippen LogP contribution in [0.15, 0.2) is 73.6 Å². The molecule has 3 aromatic carbocycles. The quantitative estimate of drug-likeness (QED) is 0.474. The number of ether oxygens (including phenoxy) is 1. The summed E-state index contributed by atoms with van der Waals surface area (Å²) in [6.07, 6.45) is 0. The minimum atomic E-state index is -4.00. The zero-order chi connectivity index (χ0) is 23.2. The number of hydrogen-bond donors (Lipinski definition) is 1. The largest absolute Gasteiger partial charge is 0.502 e. The summed E-state index contributed by atoms with van der Waals surface area (Å²) in [7, 11) is -2.48. The predicted octanol–water partition coefficient (Wildman–Crippen LogP) is 4.93. The van der Waals surface area contributed by atoms with Crippen molar-refractivity contribution in [3.63, 3.8) is 0 Å². The zero-order valence-corrected chi connectivity index (χ0v) is 18.9. The van der Waals surface area contributed by atoms with Gasteiger partial charge < -0.3 is 14.3 Å². The van der Waals surface area contributed by atoms with Crippen LogP contribution < -0.4 is 10.2 Å². The van der Waals surface area contributed by atoms with Crippen molar-refractivity contribution in [3.05, 3.63) is 81.5 Å². The average molecular weight is 451 g/mol. The summed E-state index contributed by atoms with van der Waals surface area (Å²) >= 11 is 0. The van der Waals surface area contributed by atoms with E-state index in [0.717, 1.165) is 5.56 Å². The summed E-state index contributed by atoms with van der Waals surface area (Å²) in [5.41, 5.74) is 1.55. The van der Waals surface area contributed by atoms with Gasteiger partial charge in [-0.1, -0.05) is 23.8 Å². The number of aromatic hydroxyl groups is 1. The zero-order valence-electron chi connectivity index (χ0n) is 18.1. The molecule has 0 bridgehead atoms. The molecule has 0 radical (unpaired) electrons. The van der Waals surface area contributed by atoms with Crippen LogP contribution in [-0.4, -0.2) is 20.6 Å². The van der Waals surface area contributed by atoms with Crippen LogP contribution in [0.5, 0.6) is 11.5 Å². The van der Waals surface area contributed by atoms with Crippen LogP contribution in [0.3, 0.4) is 0 Å². The number of benzene rings is 3. The Morgan fingerprint density at radius 1 is 0.906 bits per heavy atom. The Labute approximate surface area is 185 Å². The van der Waals surface area contributed by atoms with Crippen molar-refractivity contribution in [1.29, 1.82) is 0 Å². The monoisotopic (exact) mass is 450 g/mol. The molecular formula is C25H22O6S. The first-order chi connectivity index (χ1) is 15.1. The van der Waals surface area contributed by atoms with Crippen molar-refractivity contribution in [2.45, 2.75) is 30.6 Å². The van der Waals surface area contributed by atoms with Crippen molar-refractivity contribution in [1.82, 2.24) is 0 Å². The lowest BCUT2D eigenvalue weighted by Crippen LogP contribution is -2.11. The summed E-state index contributed by atoms with van der Waals surface area (Å²) < 4.78 is 38.3. The van der Waals surface area contributed by atoms with Gasteiger partial charge in [0, 0.05) is 5.56 Å². The number of methoxy groups -OCH3 is 1. The number of aryl methyl sites for hydroxylation is 3. The molecule has 0 amide bonds. The normalized spacial score (nSPS) is 11.6. The van der Waals surface area contributed by atoms with Crippen LogP contribution in [0.1, 0.15) is 16.7 Å². The van der Waals surface area contributed by atoms with Gasteiger partial charge in [-0.3, -0.25) is 4.79 Å². The van der Waals surface area contributed by atoms with E-state index in [9.17, 15) is 18.3 Å². The van der Waals surface area contributed by atoms with Crippen molar-refractivity contribution < 1.29 is 22.7 Å². The smallest absolute Gasteiger partial charge is 0.235 e. The minimum absolute atomic E-state index is 0.0380. The molecule has 0 fully saturated rings. The maximum Gasteiger partial charge on any atom is 0.235 e. The third kappa shape index (κ3) is 3.44. The molecular weight excluding hydrogens is 428 g/mol. The maximum atomic E-state index is 13.6. The molecule has 1 aromatic heterocycles.